The molecule has 0 N–H and O–H groups in total. The Bertz CT molecular complexity index is 525. The summed E-state index contributed by atoms with van der Waals surface area (Å²) in [6.45, 7) is 29.7. The molecule has 16 atom stereocenters. The van der Waals surface area contributed by atoms with E-state index < -0.39 is 0 Å². The molecule has 2 radical (unpaired) electrons. The molecule has 0 aromatic carbocycles. The Morgan fingerprint density at radius 2 is 0.829 bits per heavy atom. The van der Waals surface area contributed by atoms with Gasteiger partial charge in [-0.3, -0.25) is 0 Å². The van der Waals surface area contributed by atoms with Crippen LogP contribution in [-0.2, 0) is 65.4 Å². The van der Waals surface area contributed by atoms with Crippen molar-refractivity contribution in [2.24, 2.45) is 94.7 Å². The molecule has 206 valence electrons. The van der Waals surface area contributed by atoms with Crippen molar-refractivity contribution in [2.75, 3.05) is 0 Å². The molecule has 0 aliphatic heterocycles. The van der Waals surface area contributed by atoms with Crippen LogP contribution in [0, 0.1) is 123 Å². The first-order chi connectivity index (χ1) is 13.9. The van der Waals surface area contributed by atoms with Crippen LogP contribution >= 0.6 is 0 Å². The Morgan fingerprint density at radius 3 is 1.31 bits per heavy atom. The number of hydrogen-bond donors (Lipinski definition) is 0. The van der Waals surface area contributed by atoms with E-state index in [4.69, 9.17) is 0 Å². The summed E-state index contributed by atoms with van der Waals surface area (Å²) in [5.41, 5.74) is 0. The average Bonchev–Trinajstić information content (AvgIpc) is 3.18. The first-order valence-corrected chi connectivity index (χ1v) is 13.7. The van der Waals surface area contributed by atoms with Gasteiger partial charge in [-0.05, 0) is 71.5 Å². The molecule has 4 saturated carbocycles. The van der Waals surface area contributed by atoms with Gasteiger partial charge in [0.15, 0.2) is 0 Å². The summed E-state index contributed by atoms with van der Waals surface area (Å²) in [6, 6.07) is 0. The monoisotopic (exact) mass is 638 g/mol. The maximum Gasteiger partial charge on any atom is 0 e. The molecule has 4 rings (SSSR count). The van der Waals surface area contributed by atoms with Crippen LogP contribution in [0.25, 0.3) is 0 Å². The van der Waals surface area contributed by atoms with Gasteiger partial charge >= 0.3 is 0 Å². The Balaban J connectivity index is -0.000000512. The Kier molecular flexibility index (Phi) is 19.6. The van der Waals surface area contributed by atoms with Gasteiger partial charge in [0.25, 0.3) is 0 Å². The minimum Gasteiger partial charge on any atom is -0.358 e. The number of rotatable bonds is 0. The molecular formula is C33H64Y2-4. The molecule has 0 saturated heterocycles. The molecule has 0 aromatic rings. The van der Waals surface area contributed by atoms with Crippen LogP contribution in [-0.4, -0.2) is 0 Å². The van der Waals surface area contributed by atoms with Gasteiger partial charge in [-0.1, -0.05) is 101 Å². The predicted molar refractivity (Wildman–Crippen MR) is 152 cm³/mol. The molecule has 0 heterocycles. The Hall–Kier alpha value is 2.21. The van der Waals surface area contributed by atoms with Crippen molar-refractivity contribution >= 4 is 0 Å². The zero-order valence-electron chi connectivity index (χ0n) is 26.7. The second kappa shape index (κ2) is 16.5. The summed E-state index contributed by atoms with van der Waals surface area (Å²) in [5.74, 6) is 14.9. The fraction of sp³-hybridized carbons (Fsp3) is 0.879. The molecule has 0 nitrogen and oxygen atoms in total. The summed E-state index contributed by atoms with van der Waals surface area (Å²) in [6.07, 6.45) is 4.16. The summed E-state index contributed by atoms with van der Waals surface area (Å²) >= 11 is 0. The molecule has 4 aliphatic carbocycles. The standard InChI is InChI=1S/C15H28.C15H27.3CH3.2Y/c2*1-8-7-14-12(5)10(3)11(4)13(6)15(14)9(8)2;;;;;/h8-15H,7H2,1-6H3;7-15H,1-6H3;3*1H3;;/q;4*-1;;. The zero-order chi connectivity index (χ0) is 22.7. The average molecular weight is 639 g/mol. The molecule has 16 unspecified atom stereocenters. The number of fused-ring (bicyclic) bond motifs is 2. The van der Waals surface area contributed by atoms with Crippen LogP contribution < -0.4 is 0 Å². The van der Waals surface area contributed by atoms with Crippen molar-refractivity contribution in [3.05, 3.63) is 28.7 Å². The number of hydrogen-bond acceptors (Lipinski definition) is 0. The van der Waals surface area contributed by atoms with Crippen LogP contribution in [0.2, 0.25) is 0 Å². The van der Waals surface area contributed by atoms with E-state index in [1.54, 1.807) is 0 Å². The second-order valence-corrected chi connectivity index (χ2v) is 13.3. The molecule has 0 bridgehead atoms. The smallest absolute Gasteiger partial charge is 0 e. The molecule has 0 spiro atoms. The Labute approximate surface area is 275 Å². The van der Waals surface area contributed by atoms with Gasteiger partial charge in [-0.25, -0.2) is 0 Å². The molecule has 0 aromatic heterocycles. The molecule has 4 aliphatic rings. The van der Waals surface area contributed by atoms with E-state index in [0.717, 1.165) is 94.7 Å². The van der Waals surface area contributed by atoms with Gasteiger partial charge in [0.2, 0.25) is 0 Å². The van der Waals surface area contributed by atoms with Crippen molar-refractivity contribution in [2.45, 2.75) is 89.5 Å². The van der Waals surface area contributed by atoms with Gasteiger partial charge in [0, 0.05) is 65.4 Å². The first kappa shape index (κ1) is 41.7. The normalized spacial score (nSPS) is 51.8. The van der Waals surface area contributed by atoms with Gasteiger partial charge in [0.1, 0.15) is 0 Å². The van der Waals surface area contributed by atoms with E-state index in [9.17, 15) is 0 Å². The third kappa shape index (κ3) is 7.69. The largest absolute Gasteiger partial charge is 0.358 e. The van der Waals surface area contributed by atoms with Crippen molar-refractivity contribution in [1.29, 1.82) is 0 Å². The van der Waals surface area contributed by atoms with Crippen molar-refractivity contribution in [3.8, 4) is 0 Å². The third-order valence-corrected chi connectivity index (χ3v) is 12.5. The van der Waals surface area contributed by atoms with E-state index >= 15 is 0 Å². The summed E-state index contributed by atoms with van der Waals surface area (Å²) in [7, 11) is 0. The van der Waals surface area contributed by atoms with Crippen molar-refractivity contribution in [3.63, 3.8) is 0 Å². The topological polar surface area (TPSA) is 0 Å². The van der Waals surface area contributed by atoms with Crippen LogP contribution in [0.4, 0.5) is 0 Å². The Morgan fingerprint density at radius 1 is 0.429 bits per heavy atom. The van der Waals surface area contributed by atoms with Crippen LogP contribution in [0.5, 0.6) is 0 Å². The van der Waals surface area contributed by atoms with E-state index in [2.05, 4.69) is 89.5 Å². The SMILES string of the molecule is CC1CC2C(C)C(C)C(C)C(C)C2C1C.CC1[CH-]C2C(C)C(C)C(C)C(C)C2C1C.[CH3-].[CH3-].[CH3-].[Y].[Y]. The van der Waals surface area contributed by atoms with Crippen molar-refractivity contribution in [1.82, 2.24) is 0 Å². The third-order valence-electron chi connectivity index (χ3n) is 12.5. The van der Waals surface area contributed by atoms with E-state index in [1.807, 2.05) is 0 Å². The van der Waals surface area contributed by atoms with Crippen LogP contribution in [0.3, 0.4) is 0 Å². The van der Waals surface area contributed by atoms with Crippen LogP contribution in [0.1, 0.15) is 89.5 Å². The minimum absolute atomic E-state index is 0. The first-order valence-electron chi connectivity index (χ1n) is 13.7. The molecule has 35 heavy (non-hydrogen) atoms. The van der Waals surface area contributed by atoms with Gasteiger partial charge < -0.3 is 28.7 Å². The summed E-state index contributed by atoms with van der Waals surface area (Å²) in [5, 5.41) is 0. The quantitative estimate of drug-likeness (QED) is 0.232. The van der Waals surface area contributed by atoms with Gasteiger partial charge in [0.05, 0.1) is 0 Å². The fourth-order valence-electron chi connectivity index (χ4n) is 9.07. The molecule has 4 fully saturated rings. The molecule has 2 heteroatoms. The second-order valence-electron chi connectivity index (χ2n) is 13.3. The minimum atomic E-state index is 0. The zero-order valence-corrected chi connectivity index (χ0v) is 32.4. The molecular weight excluding hydrogens is 574 g/mol. The van der Waals surface area contributed by atoms with Crippen molar-refractivity contribution < 1.29 is 65.4 Å². The summed E-state index contributed by atoms with van der Waals surface area (Å²) in [4.78, 5) is 0. The summed E-state index contributed by atoms with van der Waals surface area (Å²) < 4.78 is 0. The van der Waals surface area contributed by atoms with E-state index in [-0.39, 0.29) is 87.7 Å². The fourth-order valence-corrected chi connectivity index (χ4v) is 9.07. The van der Waals surface area contributed by atoms with E-state index in [1.165, 1.54) is 6.42 Å². The predicted octanol–water partition coefficient (Wildman–Crippen LogP) is 10.1. The van der Waals surface area contributed by atoms with Gasteiger partial charge in [-0.2, -0.15) is 11.8 Å². The van der Waals surface area contributed by atoms with E-state index in [0.29, 0.717) is 0 Å². The van der Waals surface area contributed by atoms with Crippen LogP contribution in [0.15, 0.2) is 0 Å². The van der Waals surface area contributed by atoms with Gasteiger partial charge in [-0.15, -0.1) is 0 Å². The maximum absolute atomic E-state index is 2.67. The molecule has 0 amide bonds. The maximum atomic E-state index is 2.67.